The van der Waals surface area contributed by atoms with Gasteiger partial charge in [-0.25, -0.2) is 0 Å². The molecule has 1 fully saturated rings. The van der Waals surface area contributed by atoms with E-state index in [9.17, 15) is 20.0 Å². The summed E-state index contributed by atoms with van der Waals surface area (Å²) >= 11 is 5.97. The van der Waals surface area contributed by atoms with E-state index in [0.29, 0.717) is 18.5 Å². The second-order valence-electron chi connectivity index (χ2n) is 5.07. The maximum Gasteiger partial charge on any atom is 0.311 e. The van der Waals surface area contributed by atoms with Gasteiger partial charge in [-0.2, -0.15) is 0 Å². The van der Waals surface area contributed by atoms with E-state index in [1.54, 1.807) is 0 Å². The van der Waals surface area contributed by atoms with Crippen LogP contribution < -0.4 is 5.32 Å². The van der Waals surface area contributed by atoms with Crippen LogP contribution in [0.15, 0.2) is 18.2 Å². The van der Waals surface area contributed by atoms with E-state index in [1.165, 1.54) is 18.2 Å². The van der Waals surface area contributed by atoms with Crippen LogP contribution in [0.4, 0.5) is 11.4 Å². The standard InChI is InChI=1S/C13H15ClN2O4/c14-10-7-9(16(19)20)3-4-11(10)15-8-13(12(17)18)5-1-2-6-13/h3-4,7,15H,1-2,5-6,8H2,(H,17,18). The Morgan fingerprint density at radius 1 is 1.45 bits per heavy atom. The van der Waals surface area contributed by atoms with Gasteiger partial charge in [-0.15, -0.1) is 0 Å². The molecule has 1 aliphatic carbocycles. The Morgan fingerprint density at radius 3 is 2.60 bits per heavy atom. The number of nitro benzene ring substituents is 1. The summed E-state index contributed by atoms with van der Waals surface area (Å²) in [6.45, 7) is 0.278. The molecule has 1 aromatic carbocycles. The maximum atomic E-state index is 11.4. The second-order valence-corrected chi connectivity index (χ2v) is 5.47. The average molecular weight is 299 g/mol. The van der Waals surface area contributed by atoms with Crippen LogP contribution in [0.25, 0.3) is 0 Å². The van der Waals surface area contributed by atoms with Crippen LogP contribution >= 0.6 is 11.6 Å². The van der Waals surface area contributed by atoms with Crippen LogP contribution in [0.5, 0.6) is 0 Å². The number of aliphatic carboxylic acids is 1. The number of nitro groups is 1. The Balaban J connectivity index is 2.10. The van der Waals surface area contributed by atoms with Crippen molar-refractivity contribution >= 4 is 28.9 Å². The van der Waals surface area contributed by atoms with Crippen LogP contribution in [0.2, 0.25) is 5.02 Å². The summed E-state index contributed by atoms with van der Waals surface area (Å²) in [5, 5.41) is 23.2. The molecule has 0 aliphatic heterocycles. The molecule has 108 valence electrons. The third-order valence-corrected chi connectivity index (χ3v) is 4.11. The normalized spacial score (nSPS) is 16.9. The highest BCUT2D eigenvalue weighted by Gasteiger charge is 2.41. The van der Waals surface area contributed by atoms with Gasteiger partial charge in [0.2, 0.25) is 0 Å². The fourth-order valence-corrected chi connectivity index (χ4v) is 2.78. The van der Waals surface area contributed by atoms with E-state index in [0.717, 1.165) is 12.8 Å². The fourth-order valence-electron chi connectivity index (χ4n) is 2.54. The highest BCUT2D eigenvalue weighted by molar-refractivity contribution is 6.33. The number of hydrogen-bond donors (Lipinski definition) is 2. The first-order valence-electron chi connectivity index (χ1n) is 6.36. The van der Waals surface area contributed by atoms with Crippen LogP contribution in [0, 0.1) is 15.5 Å². The number of nitrogens with one attached hydrogen (secondary N) is 1. The number of benzene rings is 1. The molecule has 1 aromatic rings. The summed E-state index contributed by atoms with van der Waals surface area (Å²) in [5.41, 5.74) is -0.329. The van der Waals surface area contributed by atoms with E-state index >= 15 is 0 Å². The van der Waals surface area contributed by atoms with Gasteiger partial charge in [0, 0.05) is 18.7 Å². The van der Waals surface area contributed by atoms with Crippen molar-refractivity contribution in [1.29, 1.82) is 0 Å². The van der Waals surface area contributed by atoms with Gasteiger partial charge >= 0.3 is 5.97 Å². The zero-order valence-corrected chi connectivity index (χ0v) is 11.5. The van der Waals surface area contributed by atoms with Gasteiger partial charge in [0.1, 0.15) is 0 Å². The number of carboxylic acids is 1. The average Bonchev–Trinajstić information content (AvgIpc) is 2.87. The Bertz CT molecular complexity index is 541. The third kappa shape index (κ3) is 2.85. The summed E-state index contributed by atoms with van der Waals surface area (Å²) in [6.07, 6.45) is 3.09. The minimum atomic E-state index is -0.805. The van der Waals surface area contributed by atoms with Crippen LogP contribution in [-0.4, -0.2) is 22.5 Å². The van der Waals surface area contributed by atoms with E-state index in [-0.39, 0.29) is 17.3 Å². The number of halogens is 1. The highest BCUT2D eigenvalue weighted by atomic mass is 35.5. The third-order valence-electron chi connectivity index (χ3n) is 3.80. The van der Waals surface area contributed by atoms with Crippen molar-refractivity contribution in [3.8, 4) is 0 Å². The molecule has 2 rings (SSSR count). The number of hydrogen-bond acceptors (Lipinski definition) is 4. The lowest BCUT2D eigenvalue weighted by Crippen LogP contribution is -2.35. The Hall–Kier alpha value is -1.82. The largest absolute Gasteiger partial charge is 0.481 e. The Kier molecular flexibility index (Phi) is 4.13. The van der Waals surface area contributed by atoms with Gasteiger partial charge in [0.15, 0.2) is 0 Å². The van der Waals surface area contributed by atoms with Crippen molar-refractivity contribution in [2.45, 2.75) is 25.7 Å². The number of rotatable bonds is 5. The van der Waals surface area contributed by atoms with Crippen molar-refractivity contribution in [3.05, 3.63) is 33.3 Å². The molecule has 1 aliphatic rings. The van der Waals surface area contributed by atoms with Crippen molar-refractivity contribution in [2.75, 3.05) is 11.9 Å². The number of non-ortho nitro benzene ring substituents is 1. The molecular weight excluding hydrogens is 284 g/mol. The smallest absolute Gasteiger partial charge is 0.311 e. The van der Waals surface area contributed by atoms with Gasteiger partial charge in [-0.1, -0.05) is 24.4 Å². The summed E-state index contributed by atoms with van der Waals surface area (Å²) in [5.74, 6) is -0.805. The molecule has 0 radical (unpaired) electrons. The Morgan fingerprint density at radius 2 is 2.10 bits per heavy atom. The molecule has 0 unspecified atom stereocenters. The SMILES string of the molecule is O=C(O)C1(CNc2ccc([N+](=O)[O-])cc2Cl)CCCC1. The molecule has 0 heterocycles. The van der Waals surface area contributed by atoms with Gasteiger partial charge in [0.05, 0.1) is 21.0 Å². The van der Waals surface area contributed by atoms with Crippen molar-refractivity contribution in [2.24, 2.45) is 5.41 Å². The molecule has 0 bridgehead atoms. The molecule has 7 heteroatoms. The van der Waals surface area contributed by atoms with E-state index in [2.05, 4.69) is 5.32 Å². The monoisotopic (exact) mass is 298 g/mol. The summed E-state index contributed by atoms with van der Waals surface area (Å²) < 4.78 is 0. The van der Waals surface area contributed by atoms with Gasteiger partial charge < -0.3 is 10.4 Å². The number of carbonyl (C=O) groups is 1. The summed E-state index contributed by atoms with van der Waals surface area (Å²) in [6, 6.07) is 4.10. The zero-order chi connectivity index (χ0) is 14.8. The molecule has 0 spiro atoms. The number of carboxylic acid groups (broad SMARTS) is 1. The van der Waals surface area contributed by atoms with Gasteiger partial charge in [-0.3, -0.25) is 14.9 Å². The van der Waals surface area contributed by atoms with Gasteiger partial charge in [-0.05, 0) is 18.9 Å². The van der Waals surface area contributed by atoms with E-state index in [1.807, 2.05) is 0 Å². The number of nitrogens with zero attached hydrogens (tertiary/aromatic N) is 1. The van der Waals surface area contributed by atoms with Crippen molar-refractivity contribution < 1.29 is 14.8 Å². The second kappa shape index (κ2) is 5.66. The molecular formula is C13H15ClN2O4. The molecule has 20 heavy (non-hydrogen) atoms. The summed E-state index contributed by atoms with van der Waals surface area (Å²) in [7, 11) is 0. The quantitative estimate of drug-likeness (QED) is 0.642. The molecule has 0 atom stereocenters. The maximum absolute atomic E-state index is 11.4. The van der Waals surface area contributed by atoms with E-state index in [4.69, 9.17) is 11.6 Å². The van der Waals surface area contributed by atoms with E-state index < -0.39 is 16.3 Å². The van der Waals surface area contributed by atoms with Crippen molar-refractivity contribution in [3.63, 3.8) is 0 Å². The molecule has 0 amide bonds. The van der Waals surface area contributed by atoms with Crippen LogP contribution in [0.3, 0.4) is 0 Å². The van der Waals surface area contributed by atoms with Crippen LogP contribution in [-0.2, 0) is 4.79 Å². The predicted molar refractivity (Wildman–Crippen MR) is 75.1 cm³/mol. The summed E-state index contributed by atoms with van der Waals surface area (Å²) in [4.78, 5) is 21.5. The highest BCUT2D eigenvalue weighted by Crippen LogP contribution is 2.39. The Labute approximate surface area is 120 Å². The topological polar surface area (TPSA) is 92.5 Å². The molecule has 2 N–H and O–H groups in total. The molecule has 6 nitrogen and oxygen atoms in total. The first-order chi connectivity index (χ1) is 9.44. The molecule has 1 saturated carbocycles. The predicted octanol–water partition coefficient (Wildman–Crippen LogP) is 3.31. The minimum Gasteiger partial charge on any atom is -0.481 e. The van der Waals surface area contributed by atoms with Gasteiger partial charge in [0.25, 0.3) is 5.69 Å². The number of anilines is 1. The molecule has 0 saturated heterocycles. The van der Waals surface area contributed by atoms with Crippen molar-refractivity contribution in [1.82, 2.24) is 0 Å². The minimum absolute atomic E-state index is 0.0886. The lowest BCUT2D eigenvalue weighted by atomic mass is 9.86. The fraction of sp³-hybridized carbons (Fsp3) is 0.462. The molecule has 0 aromatic heterocycles. The lowest BCUT2D eigenvalue weighted by Gasteiger charge is -2.24. The first kappa shape index (κ1) is 14.6. The van der Waals surface area contributed by atoms with Crippen LogP contribution in [0.1, 0.15) is 25.7 Å². The first-order valence-corrected chi connectivity index (χ1v) is 6.74. The lowest BCUT2D eigenvalue weighted by molar-refractivity contribution is -0.384. The zero-order valence-electron chi connectivity index (χ0n) is 10.8.